The largest absolute Gasteiger partial charge is 0.507 e. The summed E-state index contributed by atoms with van der Waals surface area (Å²) in [7, 11) is 1.80. The molecule has 3 aromatic rings. The summed E-state index contributed by atoms with van der Waals surface area (Å²) in [5, 5.41) is 17.3. The van der Waals surface area contributed by atoms with Gasteiger partial charge in [0.25, 0.3) is 0 Å². The number of hydrazone groups is 1. The summed E-state index contributed by atoms with van der Waals surface area (Å²) in [5.74, 6) is 1.18. The van der Waals surface area contributed by atoms with Crippen molar-refractivity contribution in [2.45, 2.75) is 13.8 Å². The molecule has 0 unspecified atom stereocenters. The summed E-state index contributed by atoms with van der Waals surface area (Å²) in [6.07, 6.45) is 0. The van der Waals surface area contributed by atoms with Crippen molar-refractivity contribution in [3.63, 3.8) is 0 Å². The maximum absolute atomic E-state index is 10.1. The zero-order valence-electron chi connectivity index (χ0n) is 15.1. The van der Waals surface area contributed by atoms with Crippen LogP contribution in [0.1, 0.15) is 18.2 Å². The number of phenolic OH excluding ortho intramolecular Hbond substituents is 1. The molecule has 3 rings (SSSR count). The molecule has 1 N–H and O–H groups in total. The quantitative estimate of drug-likeness (QED) is 0.475. The van der Waals surface area contributed by atoms with Crippen LogP contribution in [0.2, 0.25) is 10.0 Å². The highest BCUT2D eigenvalue weighted by Gasteiger charge is 2.12. The van der Waals surface area contributed by atoms with Crippen LogP contribution in [0.25, 0.3) is 11.4 Å². The van der Waals surface area contributed by atoms with E-state index in [1.165, 1.54) is 0 Å². The molecule has 27 heavy (non-hydrogen) atoms. The fraction of sp³-hybridized carbons (Fsp3) is 0.150. The van der Waals surface area contributed by atoms with Crippen LogP contribution in [0.15, 0.2) is 53.6 Å². The standard InChI is InChI=1S/C20H18Cl2N4O/c1-12-10-19(24-20(23-12)15-6-4-5-7-18(15)27)26(3)25-13(2)14-8-9-16(21)17(22)11-14/h4-11,27H,1-3H3/b25-13+. The first-order valence-corrected chi connectivity index (χ1v) is 8.99. The van der Waals surface area contributed by atoms with Gasteiger partial charge in [-0.3, -0.25) is 5.01 Å². The average Bonchev–Trinajstić information content (AvgIpc) is 2.63. The molecule has 0 bridgehead atoms. The van der Waals surface area contributed by atoms with Gasteiger partial charge in [-0.2, -0.15) is 5.10 Å². The number of phenols is 1. The number of benzene rings is 2. The third-order valence-electron chi connectivity index (χ3n) is 3.95. The van der Waals surface area contributed by atoms with E-state index in [1.54, 1.807) is 42.4 Å². The third kappa shape index (κ3) is 4.38. The van der Waals surface area contributed by atoms with E-state index >= 15 is 0 Å². The second kappa shape index (κ2) is 7.94. The SMILES string of the molecule is C/C(=N\N(C)c1cc(C)nc(-c2ccccc2O)n1)c1ccc(Cl)c(Cl)c1. The molecule has 0 fully saturated rings. The Morgan fingerprint density at radius 1 is 1.04 bits per heavy atom. The molecule has 0 aliphatic carbocycles. The summed E-state index contributed by atoms with van der Waals surface area (Å²) in [6.45, 7) is 3.76. The van der Waals surface area contributed by atoms with Gasteiger partial charge in [0.2, 0.25) is 0 Å². The lowest BCUT2D eigenvalue weighted by Crippen LogP contribution is -2.15. The Hall–Kier alpha value is -2.63. The Kier molecular flexibility index (Phi) is 5.63. The van der Waals surface area contributed by atoms with Gasteiger partial charge in [-0.05, 0) is 43.7 Å². The van der Waals surface area contributed by atoms with Crippen molar-refractivity contribution in [1.29, 1.82) is 0 Å². The summed E-state index contributed by atoms with van der Waals surface area (Å²) < 4.78 is 0. The molecule has 0 atom stereocenters. The van der Waals surface area contributed by atoms with Crippen molar-refractivity contribution in [2.24, 2.45) is 5.10 Å². The summed E-state index contributed by atoms with van der Waals surface area (Å²) in [6, 6.07) is 14.2. The first kappa shape index (κ1) is 19.1. The molecular formula is C20H18Cl2N4O. The second-order valence-corrected chi connectivity index (χ2v) is 6.86. The van der Waals surface area contributed by atoms with Crippen LogP contribution < -0.4 is 5.01 Å². The van der Waals surface area contributed by atoms with Crippen molar-refractivity contribution in [3.05, 3.63) is 69.8 Å². The maximum Gasteiger partial charge on any atom is 0.165 e. The Balaban J connectivity index is 1.96. The number of hydrogen-bond donors (Lipinski definition) is 1. The van der Waals surface area contributed by atoms with Gasteiger partial charge in [0.1, 0.15) is 5.75 Å². The fourth-order valence-corrected chi connectivity index (χ4v) is 2.85. The van der Waals surface area contributed by atoms with Gasteiger partial charge in [0, 0.05) is 18.8 Å². The van der Waals surface area contributed by atoms with Crippen molar-refractivity contribution < 1.29 is 5.11 Å². The molecule has 1 aromatic heterocycles. The van der Waals surface area contributed by atoms with Gasteiger partial charge in [-0.25, -0.2) is 9.97 Å². The Morgan fingerprint density at radius 3 is 2.48 bits per heavy atom. The molecular weight excluding hydrogens is 383 g/mol. The Labute approximate surface area is 167 Å². The molecule has 0 saturated carbocycles. The first-order chi connectivity index (χ1) is 12.8. The second-order valence-electron chi connectivity index (χ2n) is 6.05. The molecule has 5 nitrogen and oxygen atoms in total. The van der Waals surface area contributed by atoms with E-state index in [0.29, 0.717) is 27.3 Å². The van der Waals surface area contributed by atoms with E-state index < -0.39 is 0 Å². The van der Waals surface area contributed by atoms with E-state index in [0.717, 1.165) is 17.0 Å². The molecule has 7 heteroatoms. The third-order valence-corrected chi connectivity index (χ3v) is 4.69. The zero-order valence-corrected chi connectivity index (χ0v) is 16.6. The van der Waals surface area contributed by atoms with Gasteiger partial charge < -0.3 is 5.11 Å². The number of aromatic hydroxyl groups is 1. The number of aromatic nitrogens is 2. The lowest BCUT2D eigenvalue weighted by molar-refractivity contribution is 0.477. The van der Waals surface area contributed by atoms with Gasteiger partial charge >= 0.3 is 0 Å². The van der Waals surface area contributed by atoms with Crippen molar-refractivity contribution in [3.8, 4) is 17.1 Å². The maximum atomic E-state index is 10.1. The van der Waals surface area contributed by atoms with Gasteiger partial charge in [0.05, 0.1) is 21.3 Å². The van der Waals surface area contributed by atoms with Crippen LogP contribution in [0.4, 0.5) is 5.82 Å². The van der Waals surface area contributed by atoms with Gasteiger partial charge in [-0.1, -0.05) is 41.4 Å². The minimum absolute atomic E-state index is 0.132. The van der Waals surface area contributed by atoms with Crippen LogP contribution in [-0.4, -0.2) is 27.8 Å². The van der Waals surface area contributed by atoms with Crippen LogP contribution in [-0.2, 0) is 0 Å². The van der Waals surface area contributed by atoms with E-state index in [4.69, 9.17) is 23.2 Å². The Bertz CT molecular complexity index is 1020. The average molecular weight is 401 g/mol. The highest BCUT2D eigenvalue weighted by Crippen LogP contribution is 2.28. The molecule has 0 aliphatic heterocycles. The van der Waals surface area contributed by atoms with Crippen LogP contribution in [0.3, 0.4) is 0 Å². The van der Waals surface area contributed by atoms with Gasteiger partial charge in [0.15, 0.2) is 11.6 Å². The van der Waals surface area contributed by atoms with Gasteiger partial charge in [-0.15, -0.1) is 0 Å². The summed E-state index contributed by atoms with van der Waals surface area (Å²) >= 11 is 12.1. The number of para-hydroxylation sites is 1. The van der Waals surface area contributed by atoms with Crippen molar-refractivity contribution in [1.82, 2.24) is 9.97 Å². The zero-order chi connectivity index (χ0) is 19.6. The molecule has 138 valence electrons. The number of nitrogens with zero attached hydrogens (tertiary/aromatic N) is 4. The minimum atomic E-state index is 0.132. The number of anilines is 1. The molecule has 0 saturated heterocycles. The predicted molar refractivity (Wildman–Crippen MR) is 111 cm³/mol. The molecule has 0 aliphatic rings. The summed E-state index contributed by atoms with van der Waals surface area (Å²) in [5.41, 5.74) is 2.97. The number of hydrogen-bond acceptors (Lipinski definition) is 5. The number of halogens is 2. The van der Waals surface area contributed by atoms with E-state index in [-0.39, 0.29) is 5.75 Å². The number of aryl methyl sites for hydroxylation is 1. The Morgan fingerprint density at radius 2 is 1.78 bits per heavy atom. The van der Waals surface area contributed by atoms with Crippen molar-refractivity contribution >= 4 is 34.7 Å². The minimum Gasteiger partial charge on any atom is -0.507 e. The molecule has 0 radical (unpaired) electrons. The smallest absolute Gasteiger partial charge is 0.165 e. The number of rotatable bonds is 4. The molecule has 0 amide bonds. The predicted octanol–water partition coefficient (Wildman–Crippen LogP) is 5.32. The highest BCUT2D eigenvalue weighted by atomic mass is 35.5. The van der Waals surface area contributed by atoms with Crippen molar-refractivity contribution in [2.75, 3.05) is 12.1 Å². The van der Waals surface area contributed by atoms with Crippen LogP contribution >= 0.6 is 23.2 Å². The normalized spacial score (nSPS) is 11.5. The highest BCUT2D eigenvalue weighted by molar-refractivity contribution is 6.42. The monoisotopic (exact) mass is 400 g/mol. The molecule has 2 aromatic carbocycles. The topological polar surface area (TPSA) is 61.6 Å². The molecule has 1 heterocycles. The lowest BCUT2D eigenvalue weighted by atomic mass is 10.1. The van der Waals surface area contributed by atoms with E-state index in [1.807, 2.05) is 32.0 Å². The fourth-order valence-electron chi connectivity index (χ4n) is 2.56. The van der Waals surface area contributed by atoms with E-state index in [2.05, 4.69) is 15.1 Å². The molecule has 0 spiro atoms. The van der Waals surface area contributed by atoms with Crippen LogP contribution in [0, 0.1) is 6.92 Å². The summed E-state index contributed by atoms with van der Waals surface area (Å²) in [4.78, 5) is 8.97. The first-order valence-electron chi connectivity index (χ1n) is 8.23. The van der Waals surface area contributed by atoms with E-state index in [9.17, 15) is 5.11 Å². The van der Waals surface area contributed by atoms with Crippen LogP contribution in [0.5, 0.6) is 5.75 Å². The lowest BCUT2D eigenvalue weighted by Gasteiger charge is -2.16.